The molecule has 1 aromatic heterocycles. The van der Waals surface area contributed by atoms with E-state index in [1.54, 1.807) is 36.4 Å². The van der Waals surface area contributed by atoms with E-state index in [4.69, 9.17) is 9.52 Å². The van der Waals surface area contributed by atoms with E-state index in [1.165, 1.54) is 23.4 Å². The molecule has 0 unspecified atom stereocenters. The quantitative estimate of drug-likeness (QED) is 0.496. The molecule has 1 atom stereocenters. The van der Waals surface area contributed by atoms with Crippen LogP contribution in [-0.4, -0.2) is 22.5 Å². The average Bonchev–Trinajstić information content (AvgIpc) is 3.35. The fourth-order valence-corrected chi connectivity index (χ4v) is 4.04. The van der Waals surface area contributed by atoms with Gasteiger partial charge in [0.1, 0.15) is 11.5 Å². The molecule has 4 rings (SSSR count). The Morgan fingerprint density at radius 2 is 2.00 bits per heavy atom. The standard InChI is InChI=1S/C23H20N2O4S/c1-2-14-6-8-17(9-7-14)24-23-25-21(26)20(30-23)13-18-10-11-19(29-18)15-4-3-5-16(12-15)22(27)28/h3-13,23-24H,2H2,1H3,(H,25,26)(H,27,28)/b20-13+/t23-/m0/s1. The molecule has 1 amide bonds. The molecule has 7 heteroatoms. The summed E-state index contributed by atoms with van der Waals surface area (Å²) in [6, 6.07) is 18.2. The smallest absolute Gasteiger partial charge is 0.335 e. The summed E-state index contributed by atoms with van der Waals surface area (Å²) in [6.45, 7) is 2.11. The largest absolute Gasteiger partial charge is 0.478 e. The second kappa shape index (κ2) is 8.51. The van der Waals surface area contributed by atoms with E-state index >= 15 is 0 Å². The molecule has 0 aliphatic carbocycles. The molecule has 2 heterocycles. The Morgan fingerprint density at radius 1 is 1.20 bits per heavy atom. The van der Waals surface area contributed by atoms with Gasteiger partial charge in [-0.05, 0) is 48.4 Å². The van der Waals surface area contributed by atoms with Crippen molar-refractivity contribution in [1.82, 2.24) is 5.32 Å². The van der Waals surface area contributed by atoms with Gasteiger partial charge in [-0.25, -0.2) is 4.79 Å². The van der Waals surface area contributed by atoms with E-state index < -0.39 is 5.97 Å². The third-order valence-corrected chi connectivity index (χ3v) is 5.71. The Morgan fingerprint density at radius 3 is 2.73 bits per heavy atom. The summed E-state index contributed by atoms with van der Waals surface area (Å²) in [4.78, 5) is 24.0. The summed E-state index contributed by atoms with van der Waals surface area (Å²) in [5, 5.41) is 15.3. The van der Waals surface area contributed by atoms with Crippen LogP contribution in [0.3, 0.4) is 0 Å². The Bertz CT molecular complexity index is 1120. The number of anilines is 1. The Labute approximate surface area is 178 Å². The van der Waals surface area contributed by atoms with Crippen molar-refractivity contribution < 1.29 is 19.1 Å². The lowest BCUT2D eigenvalue weighted by Gasteiger charge is -2.12. The minimum absolute atomic E-state index is 0.173. The Kier molecular flexibility index (Phi) is 5.63. The van der Waals surface area contributed by atoms with E-state index in [-0.39, 0.29) is 17.0 Å². The molecule has 30 heavy (non-hydrogen) atoms. The van der Waals surface area contributed by atoms with Gasteiger partial charge in [-0.1, -0.05) is 43.0 Å². The van der Waals surface area contributed by atoms with Crippen LogP contribution in [-0.2, 0) is 11.2 Å². The monoisotopic (exact) mass is 420 g/mol. The molecule has 1 aliphatic rings. The molecule has 1 fully saturated rings. The summed E-state index contributed by atoms with van der Waals surface area (Å²) in [5.41, 5.74) is 2.78. The van der Waals surface area contributed by atoms with Gasteiger partial charge in [-0.15, -0.1) is 0 Å². The van der Waals surface area contributed by atoms with Crippen molar-refractivity contribution in [2.75, 3.05) is 5.32 Å². The number of aryl methyl sites for hydroxylation is 1. The maximum atomic E-state index is 12.3. The minimum atomic E-state index is -0.993. The van der Waals surface area contributed by atoms with Crippen molar-refractivity contribution in [1.29, 1.82) is 0 Å². The van der Waals surface area contributed by atoms with Gasteiger partial charge in [-0.3, -0.25) is 4.79 Å². The summed E-state index contributed by atoms with van der Waals surface area (Å²) in [7, 11) is 0. The highest BCUT2D eigenvalue weighted by Gasteiger charge is 2.27. The lowest BCUT2D eigenvalue weighted by Crippen LogP contribution is -2.30. The molecule has 6 nitrogen and oxygen atoms in total. The molecule has 2 aromatic carbocycles. The molecule has 3 aromatic rings. The lowest BCUT2D eigenvalue weighted by molar-refractivity contribution is -0.116. The van der Waals surface area contributed by atoms with Gasteiger partial charge in [0.25, 0.3) is 5.91 Å². The Hall–Kier alpha value is -3.45. The minimum Gasteiger partial charge on any atom is -0.478 e. The molecule has 1 aliphatic heterocycles. The van der Waals surface area contributed by atoms with Crippen LogP contribution in [0.1, 0.15) is 28.6 Å². The van der Waals surface area contributed by atoms with Crippen molar-refractivity contribution >= 4 is 35.4 Å². The van der Waals surface area contributed by atoms with Crippen molar-refractivity contribution in [3.63, 3.8) is 0 Å². The van der Waals surface area contributed by atoms with Gasteiger partial charge in [0.15, 0.2) is 5.50 Å². The molecule has 0 spiro atoms. The topological polar surface area (TPSA) is 91.6 Å². The first kappa shape index (κ1) is 19.8. The highest BCUT2D eigenvalue weighted by Crippen LogP contribution is 2.32. The molecular formula is C23H20N2O4S. The van der Waals surface area contributed by atoms with Gasteiger partial charge in [-0.2, -0.15) is 0 Å². The van der Waals surface area contributed by atoms with Crippen molar-refractivity contribution in [3.8, 4) is 11.3 Å². The van der Waals surface area contributed by atoms with Gasteiger partial charge < -0.3 is 20.2 Å². The van der Waals surface area contributed by atoms with Crippen LogP contribution in [0.4, 0.5) is 5.69 Å². The zero-order valence-electron chi connectivity index (χ0n) is 16.2. The molecule has 0 bridgehead atoms. The molecule has 0 radical (unpaired) electrons. The van der Waals surface area contributed by atoms with E-state index in [0.717, 1.165) is 12.1 Å². The molecule has 3 N–H and O–H groups in total. The number of carboxylic acids is 1. The second-order valence-electron chi connectivity index (χ2n) is 6.76. The lowest BCUT2D eigenvalue weighted by atomic mass is 10.1. The van der Waals surface area contributed by atoms with Crippen LogP contribution in [0.15, 0.2) is 70.0 Å². The summed E-state index contributed by atoms with van der Waals surface area (Å²) < 4.78 is 5.81. The third-order valence-electron chi connectivity index (χ3n) is 4.68. The third kappa shape index (κ3) is 4.41. The maximum absolute atomic E-state index is 12.3. The highest BCUT2D eigenvalue weighted by atomic mass is 32.2. The predicted molar refractivity (Wildman–Crippen MR) is 118 cm³/mol. The van der Waals surface area contributed by atoms with Gasteiger partial charge in [0, 0.05) is 17.3 Å². The number of carboxylic acid groups (broad SMARTS) is 1. The van der Waals surface area contributed by atoms with E-state index in [1.807, 2.05) is 12.1 Å². The number of nitrogens with one attached hydrogen (secondary N) is 2. The van der Waals surface area contributed by atoms with E-state index in [9.17, 15) is 9.59 Å². The first-order chi connectivity index (χ1) is 14.5. The number of carbonyl (C=O) groups is 2. The first-order valence-corrected chi connectivity index (χ1v) is 10.4. The van der Waals surface area contributed by atoms with E-state index in [2.05, 4.69) is 29.7 Å². The first-order valence-electron chi connectivity index (χ1n) is 9.50. The molecule has 0 saturated carbocycles. The molecule has 152 valence electrons. The van der Waals surface area contributed by atoms with Gasteiger partial charge >= 0.3 is 5.97 Å². The average molecular weight is 420 g/mol. The SMILES string of the molecule is CCc1ccc(N[C@H]2NC(=O)/C(=C\c3ccc(-c4cccc(C(=O)O)c4)o3)S2)cc1. The summed E-state index contributed by atoms with van der Waals surface area (Å²) >= 11 is 1.38. The van der Waals surface area contributed by atoms with Crippen molar-refractivity contribution in [2.45, 2.75) is 18.8 Å². The van der Waals surface area contributed by atoms with Crippen molar-refractivity contribution in [3.05, 3.63) is 82.5 Å². The zero-order chi connectivity index (χ0) is 21.1. The van der Waals surface area contributed by atoms with Gasteiger partial charge in [0.05, 0.1) is 10.5 Å². The number of aromatic carboxylic acids is 1. The van der Waals surface area contributed by atoms with Crippen LogP contribution in [0.5, 0.6) is 0 Å². The number of hydrogen-bond donors (Lipinski definition) is 3. The zero-order valence-corrected chi connectivity index (χ0v) is 17.0. The molecule has 1 saturated heterocycles. The van der Waals surface area contributed by atoms with Crippen LogP contribution in [0.2, 0.25) is 0 Å². The van der Waals surface area contributed by atoms with Crippen LogP contribution in [0.25, 0.3) is 17.4 Å². The predicted octanol–water partition coefficient (Wildman–Crippen LogP) is 4.81. The van der Waals surface area contributed by atoms with Crippen LogP contribution in [0, 0.1) is 0 Å². The summed E-state index contributed by atoms with van der Waals surface area (Å²) in [5.74, 6) is -0.100. The van der Waals surface area contributed by atoms with Crippen LogP contribution < -0.4 is 10.6 Å². The summed E-state index contributed by atoms with van der Waals surface area (Å²) in [6.07, 6.45) is 2.67. The number of thioether (sulfide) groups is 1. The van der Waals surface area contributed by atoms with Gasteiger partial charge in [0.2, 0.25) is 0 Å². The van der Waals surface area contributed by atoms with Crippen molar-refractivity contribution in [2.24, 2.45) is 0 Å². The fourth-order valence-electron chi connectivity index (χ4n) is 3.07. The number of furan rings is 1. The maximum Gasteiger partial charge on any atom is 0.335 e. The number of carbonyl (C=O) groups excluding carboxylic acids is 1. The highest BCUT2D eigenvalue weighted by molar-refractivity contribution is 8.05. The van der Waals surface area contributed by atoms with E-state index in [0.29, 0.717) is 22.0 Å². The molecular weight excluding hydrogens is 400 g/mol. The number of amides is 1. The normalized spacial score (nSPS) is 17.2. The number of benzene rings is 2. The number of hydrogen-bond acceptors (Lipinski definition) is 5. The van der Waals surface area contributed by atoms with Crippen LogP contribution >= 0.6 is 11.8 Å². The fraction of sp³-hybridized carbons (Fsp3) is 0.130. The number of rotatable bonds is 6. The second-order valence-corrected chi connectivity index (χ2v) is 7.91. The Balaban J connectivity index is 1.46.